The van der Waals surface area contributed by atoms with Gasteiger partial charge in [0.15, 0.2) is 35.9 Å². The molecule has 0 bridgehead atoms. The molecule has 3 aromatic heterocycles. The lowest BCUT2D eigenvalue weighted by atomic mass is 10.1. The number of pyridine rings is 1. The molecule has 0 aromatic carbocycles. The number of nitrogens with one attached hydrogen (secondary N) is 1. The Kier molecular flexibility index (Phi) is 10.5. The molecule has 5 rings (SSSR count). The smallest absolute Gasteiger partial charge is 0.477 e. The van der Waals surface area contributed by atoms with Crippen molar-refractivity contribution in [2.45, 2.75) is 49.1 Å². The molecular formula is C21H27N5O19P3+. The van der Waals surface area contributed by atoms with Gasteiger partial charge in [0, 0.05) is 6.07 Å². The van der Waals surface area contributed by atoms with Crippen LogP contribution in [0.5, 0.6) is 0 Å². The van der Waals surface area contributed by atoms with Crippen molar-refractivity contribution in [3.63, 3.8) is 0 Å². The number of rotatable bonds is 13. The first-order chi connectivity index (χ1) is 22.4. The second-order valence-corrected chi connectivity index (χ2v) is 14.4. The van der Waals surface area contributed by atoms with E-state index in [2.05, 4.69) is 32.8 Å². The molecule has 5 heterocycles. The molecule has 2 fully saturated rings. The number of phosphoric ester groups is 3. The summed E-state index contributed by atoms with van der Waals surface area (Å²) in [5, 5.41) is 40.6. The minimum absolute atomic E-state index is 0.158. The lowest BCUT2D eigenvalue weighted by Gasteiger charge is -2.22. The number of phosphoric acid groups is 3. The number of aromatic nitrogens is 5. The van der Waals surface area contributed by atoms with Crippen LogP contribution in [-0.2, 0) is 41.1 Å². The summed E-state index contributed by atoms with van der Waals surface area (Å²) >= 11 is 0. The monoisotopic (exact) mass is 746 g/mol. The number of carboxylic acid groups (broad SMARTS) is 1. The van der Waals surface area contributed by atoms with Gasteiger partial charge in [-0.15, -0.1) is 0 Å². The maximum Gasteiger partial charge on any atom is 0.481 e. The van der Waals surface area contributed by atoms with E-state index in [4.69, 9.17) is 14.6 Å². The quantitative estimate of drug-likeness (QED) is 0.0640. The summed E-state index contributed by atoms with van der Waals surface area (Å²) in [6, 6.07) is 2.57. The van der Waals surface area contributed by atoms with Crippen LogP contribution in [0.3, 0.4) is 0 Å². The number of aromatic carboxylic acids is 1. The van der Waals surface area contributed by atoms with Crippen molar-refractivity contribution in [1.82, 2.24) is 19.5 Å². The van der Waals surface area contributed by atoms with Crippen LogP contribution in [-0.4, -0.2) is 115 Å². The highest BCUT2D eigenvalue weighted by Gasteiger charge is 2.51. The number of carboxylic acids is 1. The number of hydrogen-bond acceptors (Lipinski definition) is 16. The van der Waals surface area contributed by atoms with Gasteiger partial charge in [-0.3, -0.25) is 22.9 Å². The molecular weight excluding hydrogens is 719 g/mol. The molecule has 0 spiro atoms. The summed E-state index contributed by atoms with van der Waals surface area (Å²) in [5.41, 5.74) is -1.25. The molecule has 264 valence electrons. The van der Waals surface area contributed by atoms with Crippen molar-refractivity contribution < 1.29 is 90.4 Å². The van der Waals surface area contributed by atoms with E-state index >= 15 is 0 Å². The number of H-pyrrole nitrogens is 1. The molecule has 2 unspecified atom stereocenters. The van der Waals surface area contributed by atoms with Crippen molar-refractivity contribution in [1.29, 1.82) is 0 Å². The highest BCUT2D eigenvalue weighted by Crippen LogP contribution is 2.61. The van der Waals surface area contributed by atoms with Gasteiger partial charge in [0.05, 0.1) is 25.9 Å². The molecule has 2 aliphatic rings. The molecule has 10 atom stereocenters. The third-order valence-corrected chi connectivity index (χ3v) is 10.0. The Morgan fingerprint density at radius 2 is 1.62 bits per heavy atom. The maximum absolute atomic E-state index is 12.5. The average Bonchev–Trinajstić information content (AvgIpc) is 3.64. The first-order valence-electron chi connectivity index (χ1n) is 13.3. The summed E-state index contributed by atoms with van der Waals surface area (Å²) < 4.78 is 67.8. The number of ether oxygens (including phenoxy) is 2. The van der Waals surface area contributed by atoms with Gasteiger partial charge >= 0.3 is 29.4 Å². The molecule has 0 amide bonds. The van der Waals surface area contributed by atoms with E-state index in [1.165, 1.54) is 18.3 Å². The van der Waals surface area contributed by atoms with Gasteiger partial charge in [-0.25, -0.2) is 28.5 Å². The Labute approximate surface area is 266 Å². The topological polar surface area (TPSA) is 353 Å². The number of carbonyl (C=O) groups is 1. The van der Waals surface area contributed by atoms with Crippen LogP contribution in [0.2, 0.25) is 0 Å². The summed E-state index contributed by atoms with van der Waals surface area (Å²) in [7, 11) is -16.4. The van der Waals surface area contributed by atoms with E-state index in [1.54, 1.807) is 0 Å². The normalized spacial score (nSPS) is 30.3. The maximum atomic E-state index is 12.5. The number of imidazole rings is 1. The zero-order valence-electron chi connectivity index (χ0n) is 23.7. The van der Waals surface area contributed by atoms with Crippen LogP contribution in [0, 0.1) is 0 Å². The molecule has 3 aromatic rings. The highest BCUT2D eigenvalue weighted by atomic mass is 31.3. The van der Waals surface area contributed by atoms with Gasteiger partial charge in [-0.2, -0.15) is 8.88 Å². The van der Waals surface area contributed by atoms with Crippen LogP contribution < -0.4 is 10.1 Å². The third kappa shape index (κ3) is 8.12. The minimum atomic E-state index is -5.56. The van der Waals surface area contributed by atoms with Gasteiger partial charge in [-0.05, 0) is 6.07 Å². The number of aliphatic hydroxyl groups excluding tert-OH is 3. The fraction of sp³-hybridized carbons (Fsp3) is 0.476. The van der Waals surface area contributed by atoms with Crippen molar-refractivity contribution >= 4 is 40.6 Å². The molecule has 27 heteroatoms. The van der Waals surface area contributed by atoms with Crippen molar-refractivity contribution in [2.75, 3.05) is 13.2 Å². The van der Waals surface area contributed by atoms with Crippen molar-refractivity contribution in [3.8, 4) is 0 Å². The number of aliphatic hydroxyl groups is 3. The van der Waals surface area contributed by atoms with Gasteiger partial charge in [0.25, 0.3) is 11.8 Å². The molecule has 9 N–H and O–H groups in total. The molecule has 0 radical (unpaired) electrons. The first kappa shape index (κ1) is 36.4. The Morgan fingerprint density at radius 3 is 2.25 bits per heavy atom. The third-order valence-electron chi connectivity index (χ3n) is 6.92. The van der Waals surface area contributed by atoms with Crippen molar-refractivity contribution in [2.24, 2.45) is 0 Å². The van der Waals surface area contributed by atoms with Gasteiger partial charge in [-0.1, -0.05) is 0 Å². The average molecular weight is 746 g/mol. The first-order valence-corrected chi connectivity index (χ1v) is 17.8. The standard InChI is InChI=1S/C21H26N5O19P3/c27-13-10(42-19(15(13)29)25-3-1-2-9(4-25)21(31)32)5-40-47(36,37)45-48(38,39)41-6-11-14(28)16(44-46(33,34)35)20(43-11)26-8-24-12-17(26)22-7-23-18(12)30/h1-4,7-8,10-11,13-16,19-20,27-29H,5-6H2,(H5-,22,23,30,31,32,33,34,35,36,37,38,39)/p+1/t10-,11-,13-,14-,15-,16-,19-,20-/m1/s1. The summed E-state index contributed by atoms with van der Waals surface area (Å²) in [6.45, 7) is -2.11. The lowest BCUT2D eigenvalue weighted by molar-refractivity contribution is -0.765. The lowest BCUT2D eigenvalue weighted by Crippen LogP contribution is -2.46. The van der Waals surface area contributed by atoms with E-state index in [9.17, 15) is 58.2 Å². The highest BCUT2D eigenvalue weighted by molar-refractivity contribution is 7.61. The van der Waals surface area contributed by atoms with Gasteiger partial charge < -0.3 is 54.5 Å². The zero-order chi connectivity index (χ0) is 35.2. The second kappa shape index (κ2) is 13.8. The zero-order valence-corrected chi connectivity index (χ0v) is 26.4. The van der Waals surface area contributed by atoms with Gasteiger partial charge in [0.2, 0.25) is 0 Å². The Balaban J connectivity index is 1.21. The van der Waals surface area contributed by atoms with Crippen LogP contribution in [0.25, 0.3) is 11.2 Å². The molecule has 48 heavy (non-hydrogen) atoms. The predicted molar refractivity (Wildman–Crippen MR) is 147 cm³/mol. The molecule has 0 aliphatic carbocycles. The number of hydrogen-bond donors (Lipinski definition) is 9. The molecule has 0 saturated carbocycles. The number of aromatic amines is 1. The second-order valence-electron chi connectivity index (χ2n) is 10.2. The minimum Gasteiger partial charge on any atom is -0.477 e. The van der Waals surface area contributed by atoms with E-state index < -0.39 is 97.3 Å². The van der Waals surface area contributed by atoms with Crippen molar-refractivity contribution in [3.05, 3.63) is 53.1 Å². The Morgan fingerprint density at radius 1 is 0.979 bits per heavy atom. The summed E-state index contributed by atoms with van der Waals surface area (Å²) in [4.78, 5) is 72.1. The van der Waals surface area contributed by atoms with E-state index in [0.29, 0.717) is 0 Å². The van der Waals surface area contributed by atoms with E-state index in [1.807, 2.05) is 0 Å². The Bertz CT molecular complexity index is 1870. The summed E-state index contributed by atoms with van der Waals surface area (Å²) in [6.07, 6.45) is -9.17. The van der Waals surface area contributed by atoms with Crippen LogP contribution in [0.4, 0.5) is 0 Å². The predicted octanol–water partition coefficient (Wildman–Crippen LogP) is -2.59. The largest absolute Gasteiger partial charge is 0.481 e. The van der Waals surface area contributed by atoms with Crippen LogP contribution >= 0.6 is 23.5 Å². The molecule has 24 nitrogen and oxygen atoms in total. The fourth-order valence-electron chi connectivity index (χ4n) is 4.80. The fourth-order valence-corrected chi connectivity index (χ4v) is 7.44. The summed E-state index contributed by atoms with van der Waals surface area (Å²) in [5.74, 6) is -1.30. The Hall–Kier alpha value is -2.86. The van der Waals surface area contributed by atoms with E-state index in [0.717, 1.165) is 28.0 Å². The number of nitrogens with zero attached hydrogens (tertiary/aromatic N) is 4. The number of fused-ring (bicyclic) bond motifs is 1. The van der Waals surface area contributed by atoms with Crippen LogP contribution in [0.1, 0.15) is 22.8 Å². The molecule has 2 aliphatic heterocycles. The van der Waals surface area contributed by atoms with Gasteiger partial charge in [0.1, 0.15) is 36.1 Å². The van der Waals surface area contributed by atoms with E-state index in [-0.39, 0.29) is 16.7 Å². The molecule has 2 saturated heterocycles. The van der Waals surface area contributed by atoms with Crippen LogP contribution in [0.15, 0.2) is 42.0 Å². The SMILES string of the molecule is O=C(O)c1ccc[n+]([C@@H]2O[C@H](COP(=O)(O)OP(=O)(O)OC[C@H]3O[C@@H](n4cnc5c(=O)[nH]cnc54)[C@H](OP(=O)(O)O)[C@@H]3O)[C@@H](O)[C@H]2O)c1.